The molecule has 2 heteroatoms. The highest BCUT2D eigenvalue weighted by Gasteiger charge is 2.16. The van der Waals surface area contributed by atoms with Gasteiger partial charge in [0.2, 0.25) is 0 Å². The number of anilines is 3. The molecule has 0 atom stereocenters. The van der Waals surface area contributed by atoms with Crippen LogP contribution in [0.2, 0.25) is 0 Å². The summed E-state index contributed by atoms with van der Waals surface area (Å²) in [5.74, 6) is 1.58. The number of hydrogen-bond donors (Lipinski definition) is 0. The number of benzene rings is 8. The second-order valence-corrected chi connectivity index (χ2v) is 13.9. The lowest BCUT2D eigenvalue weighted by atomic mass is 9.99. The molecule has 0 bridgehead atoms. The Morgan fingerprint density at radius 1 is 0.345 bits per heavy atom. The third-order valence-electron chi connectivity index (χ3n) is 10.3. The van der Waals surface area contributed by atoms with Crippen molar-refractivity contribution in [3.05, 3.63) is 255 Å². The predicted molar refractivity (Wildman–Crippen MR) is 247 cm³/mol. The Morgan fingerprint density at radius 3 is 1.09 bits per heavy atom. The fourth-order valence-corrected chi connectivity index (χ4v) is 7.27. The number of nitrogens with zero attached hydrogens (tertiary/aromatic N) is 1. The first kappa shape index (κ1) is 37.3. The summed E-state index contributed by atoms with van der Waals surface area (Å²) in [6.45, 7) is 10.2. The van der Waals surface area contributed by atoms with Gasteiger partial charge in [-0.05, 0) is 111 Å². The molecule has 8 aromatic carbocycles. The monoisotopic (exact) mass is 745 g/mol. The molecule has 0 amide bonds. The van der Waals surface area contributed by atoms with E-state index in [4.69, 9.17) is 4.74 Å². The molecule has 58 heavy (non-hydrogen) atoms. The van der Waals surface area contributed by atoms with Gasteiger partial charge in [-0.1, -0.05) is 170 Å². The molecule has 0 spiro atoms. The van der Waals surface area contributed by atoms with E-state index in [0.29, 0.717) is 0 Å². The van der Waals surface area contributed by atoms with Crippen LogP contribution in [0.1, 0.15) is 11.1 Å². The van der Waals surface area contributed by atoms with Crippen LogP contribution in [0.25, 0.3) is 55.8 Å². The minimum absolute atomic E-state index is 0.782. The Bertz CT molecular complexity index is 2550. The molecule has 0 fully saturated rings. The van der Waals surface area contributed by atoms with Gasteiger partial charge in [0.25, 0.3) is 0 Å². The van der Waals surface area contributed by atoms with E-state index in [0.717, 1.165) is 45.3 Å². The van der Waals surface area contributed by atoms with Crippen molar-refractivity contribution in [3.63, 3.8) is 0 Å². The second-order valence-electron chi connectivity index (χ2n) is 13.9. The highest BCUT2D eigenvalue weighted by atomic mass is 16.5. The lowest BCUT2D eigenvalue weighted by Gasteiger charge is -2.26. The van der Waals surface area contributed by atoms with Crippen LogP contribution in [0.4, 0.5) is 17.1 Å². The van der Waals surface area contributed by atoms with Crippen LogP contribution in [0.5, 0.6) is 5.75 Å². The van der Waals surface area contributed by atoms with Gasteiger partial charge in [-0.2, -0.15) is 0 Å². The van der Waals surface area contributed by atoms with Gasteiger partial charge in [0, 0.05) is 28.2 Å². The van der Waals surface area contributed by atoms with E-state index >= 15 is 0 Å². The van der Waals surface area contributed by atoms with Crippen LogP contribution < -0.4 is 9.64 Å². The van der Waals surface area contributed by atoms with Gasteiger partial charge in [0.15, 0.2) is 0 Å². The van der Waals surface area contributed by atoms with Gasteiger partial charge in [-0.15, -0.1) is 13.2 Å². The van der Waals surface area contributed by atoms with Crippen molar-refractivity contribution in [2.24, 2.45) is 0 Å². The molecule has 2 nitrogen and oxygen atoms in total. The third-order valence-corrected chi connectivity index (χ3v) is 10.3. The molecule has 0 N–H and O–H groups in total. The molecule has 278 valence electrons. The Hall–Kier alpha value is -7.68. The number of rotatable bonds is 8. The van der Waals surface area contributed by atoms with Crippen LogP contribution in [-0.4, -0.2) is 0 Å². The number of hydrogen-bond acceptors (Lipinski definition) is 2. The van der Waals surface area contributed by atoms with Crippen molar-refractivity contribution < 1.29 is 4.74 Å². The molecular weight excluding hydrogens is 703 g/mol. The summed E-state index contributed by atoms with van der Waals surface area (Å²) in [5, 5.41) is 0. The minimum Gasteiger partial charge on any atom is -0.456 e. The third kappa shape index (κ3) is 8.14. The molecule has 0 aliphatic carbocycles. The van der Waals surface area contributed by atoms with Crippen LogP contribution in [0, 0.1) is 0 Å². The molecule has 1 aliphatic rings. The second kappa shape index (κ2) is 17.4. The predicted octanol–water partition coefficient (Wildman–Crippen LogP) is 15.6. The van der Waals surface area contributed by atoms with Gasteiger partial charge in [0.05, 0.1) is 0 Å². The highest BCUT2D eigenvalue weighted by Crippen LogP contribution is 2.39. The van der Waals surface area contributed by atoms with Gasteiger partial charge in [-0.3, -0.25) is 0 Å². The average molecular weight is 746 g/mol. The normalized spacial score (nSPS) is 13.2. The maximum atomic E-state index is 6.47. The molecule has 0 unspecified atom stereocenters. The molecule has 0 radical (unpaired) electrons. The summed E-state index contributed by atoms with van der Waals surface area (Å²) in [4.78, 5) is 2.31. The van der Waals surface area contributed by atoms with Crippen LogP contribution in [0.15, 0.2) is 244 Å². The summed E-state index contributed by atoms with van der Waals surface area (Å²) in [5.41, 5.74) is 15.6. The number of ether oxygens (including phenoxy) is 1. The fourth-order valence-electron chi connectivity index (χ4n) is 7.27. The van der Waals surface area contributed by atoms with Crippen molar-refractivity contribution in [1.82, 2.24) is 0 Å². The first-order valence-corrected chi connectivity index (χ1v) is 19.4. The molecule has 0 saturated heterocycles. The maximum absolute atomic E-state index is 6.47. The van der Waals surface area contributed by atoms with Crippen LogP contribution in [0.3, 0.4) is 0 Å². The Labute approximate surface area is 342 Å². The summed E-state index contributed by atoms with van der Waals surface area (Å²) in [6, 6.07) is 72.9. The Morgan fingerprint density at radius 2 is 0.672 bits per heavy atom. The lowest BCUT2D eigenvalue weighted by molar-refractivity contribution is 0.513. The zero-order chi connectivity index (χ0) is 39.7. The Balaban J connectivity index is 0.00000231. The van der Waals surface area contributed by atoms with Crippen molar-refractivity contribution in [3.8, 4) is 50.3 Å². The van der Waals surface area contributed by atoms with E-state index in [1.54, 1.807) is 0 Å². The summed E-state index contributed by atoms with van der Waals surface area (Å²) in [6.07, 6.45) is 6.03. The van der Waals surface area contributed by atoms with Gasteiger partial charge >= 0.3 is 0 Å². The van der Waals surface area contributed by atoms with Crippen LogP contribution >= 0.6 is 0 Å². The molecular formula is C56H43NO. The number of allylic oxidation sites excluding steroid dienone is 4. The maximum Gasteiger partial charge on any atom is 0.135 e. The van der Waals surface area contributed by atoms with Crippen molar-refractivity contribution in [1.29, 1.82) is 0 Å². The van der Waals surface area contributed by atoms with Crippen molar-refractivity contribution >= 4 is 28.4 Å². The zero-order valence-corrected chi connectivity index (χ0v) is 32.3. The average Bonchev–Trinajstić information content (AvgIpc) is 3.30. The quantitative estimate of drug-likeness (QED) is 0.144. The topological polar surface area (TPSA) is 12.5 Å². The molecule has 9 rings (SSSR count). The van der Waals surface area contributed by atoms with Gasteiger partial charge in [-0.25, -0.2) is 0 Å². The van der Waals surface area contributed by atoms with Gasteiger partial charge in [0.1, 0.15) is 11.5 Å². The van der Waals surface area contributed by atoms with E-state index in [9.17, 15) is 0 Å². The van der Waals surface area contributed by atoms with Crippen LogP contribution in [-0.2, 0) is 0 Å². The molecule has 0 aromatic heterocycles. The van der Waals surface area contributed by atoms with E-state index in [-0.39, 0.29) is 0 Å². The summed E-state index contributed by atoms with van der Waals surface area (Å²) < 4.78 is 6.47. The molecule has 1 aliphatic heterocycles. The first-order chi connectivity index (χ1) is 28.7. The SMILES string of the molecule is C=C.C=C1/C=C\C=C(\c2ccc(N(c3ccc(-c4ccc(-c5ccccc5)cc4)cc3)c3ccc(-c4ccc(-c5ccccc5)cc4)cc3)cc2)Oc2ccccc21. The number of fused-ring (bicyclic) bond motifs is 1. The van der Waals surface area contributed by atoms with Crippen molar-refractivity contribution in [2.45, 2.75) is 0 Å². The van der Waals surface area contributed by atoms with Gasteiger partial charge < -0.3 is 9.64 Å². The highest BCUT2D eigenvalue weighted by molar-refractivity contribution is 5.83. The minimum atomic E-state index is 0.782. The largest absolute Gasteiger partial charge is 0.456 e. The van der Waals surface area contributed by atoms with E-state index in [1.165, 1.54) is 44.5 Å². The van der Waals surface area contributed by atoms with E-state index < -0.39 is 0 Å². The molecule has 1 heterocycles. The standard InChI is InChI=1S/C54H39NO.C2H4/c1-39-11-10-18-53(56-54-17-9-8-16-52(39)54)48-31-37-51(38-32-48)55(49-33-27-46(28-34-49)44-23-19-42(20-24-44)40-12-4-2-5-13-40)50-35-29-47(30-36-50)45-25-21-43(22-26-45)41-14-6-3-7-15-41;1-2/h2-38H,1H2;1-2H2/b11-10-,53-18-;. The smallest absolute Gasteiger partial charge is 0.135 e. The number of para-hydroxylation sites is 1. The fraction of sp³-hybridized carbons (Fsp3) is 0. The lowest BCUT2D eigenvalue weighted by Crippen LogP contribution is -2.10. The zero-order valence-electron chi connectivity index (χ0n) is 32.3. The Kier molecular flexibility index (Phi) is 11.2. The van der Waals surface area contributed by atoms with E-state index in [2.05, 4.69) is 207 Å². The molecule has 0 saturated carbocycles. The first-order valence-electron chi connectivity index (χ1n) is 19.4. The van der Waals surface area contributed by atoms with Crippen molar-refractivity contribution in [2.75, 3.05) is 4.90 Å². The van der Waals surface area contributed by atoms with E-state index in [1.807, 2.05) is 42.5 Å². The summed E-state index contributed by atoms with van der Waals surface area (Å²) in [7, 11) is 0. The molecule has 8 aromatic rings. The summed E-state index contributed by atoms with van der Waals surface area (Å²) >= 11 is 0.